The smallest absolute Gasteiger partial charge is 0.244 e. The number of anilines is 1. The van der Waals surface area contributed by atoms with Crippen LogP contribution in [0.15, 0.2) is 17.0 Å². The van der Waals surface area contributed by atoms with Gasteiger partial charge in [-0.05, 0) is 43.4 Å². The van der Waals surface area contributed by atoms with Crippen molar-refractivity contribution in [3.63, 3.8) is 0 Å². The molecule has 0 radical (unpaired) electrons. The zero-order chi connectivity index (χ0) is 15.6. The molecule has 1 aliphatic heterocycles. The van der Waals surface area contributed by atoms with Crippen molar-refractivity contribution >= 4 is 27.3 Å². The minimum atomic E-state index is -3.59. The van der Waals surface area contributed by atoms with Crippen LogP contribution in [0, 0.1) is 12.8 Å². The Bertz CT molecular complexity index is 611. The molecule has 1 aromatic rings. The number of halogens is 1. The number of sulfonamides is 1. The van der Waals surface area contributed by atoms with Gasteiger partial charge in [0, 0.05) is 32.5 Å². The van der Waals surface area contributed by atoms with E-state index in [9.17, 15) is 8.42 Å². The van der Waals surface area contributed by atoms with Crippen LogP contribution in [0.5, 0.6) is 0 Å². The first-order chi connectivity index (χ1) is 9.86. The van der Waals surface area contributed by atoms with Gasteiger partial charge in [0.05, 0.1) is 5.02 Å². The number of piperidine rings is 1. The van der Waals surface area contributed by atoms with Gasteiger partial charge in [-0.3, -0.25) is 0 Å². The molecule has 0 amide bonds. The van der Waals surface area contributed by atoms with E-state index in [2.05, 4.69) is 0 Å². The minimum absolute atomic E-state index is 0.0949. The monoisotopic (exact) mass is 332 g/mol. The second kappa shape index (κ2) is 6.52. The molecular formula is C14H21ClN2O3S. The summed E-state index contributed by atoms with van der Waals surface area (Å²) in [5.74, 6) is 0.417. The molecule has 118 valence electrons. The quantitative estimate of drug-likeness (QED) is 0.858. The van der Waals surface area contributed by atoms with Crippen LogP contribution >= 0.6 is 11.6 Å². The van der Waals surface area contributed by atoms with Crippen LogP contribution in [0.4, 0.5) is 5.69 Å². The van der Waals surface area contributed by atoms with Gasteiger partial charge in [0.2, 0.25) is 10.0 Å². The summed E-state index contributed by atoms with van der Waals surface area (Å²) in [6.45, 7) is 3.45. The van der Waals surface area contributed by atoms with Crippen molar-refractivity contribution in [1.29, 1.82) is 0 Å². The number of hydrogen-bond donors (Lipinski definition) is 1. The Morgan fingerprint density at radius 1 is 1.38 bits per heavy atom. The number of aryl methyl sites for hydroxylation is 1. The highest BCUT2D eigenvalue weighted by molar-refractivity contribution is 7.89. The lowest BCUT2D eigenvalue weighted by molar-refractivity contribution is 0.121. The van der Waals surface area contributed by atoms with Crippen molar-refractivity contribution in [1.82, 2.24) is 4.31 Å². The molecule has 2 N–H and O–H groups in total. The highest BCUT2D eigenvalue weighted by Crippen LogP contribution is 2.31. The first-order valence-corrected chi connectivity index (χ1v) is 8.72. The molecule has 7 heteroatoms. The predicted octanol–water partition coefficient (Wildman–Crippen LogP) is 2.28. The lowest BCUT2D eigenvalue weighted by Crippen LogP contribution is -2.39. The molecule has 0 bridgehead atoms. The summed E-state index contributed by atoms with van der Waals surface area (Å²) in [4.78, 5) is 0.0949. The number of methoxy groups -OCH3 is 1. The highest BCUT2D eigenvalue weighted by Gasteiger charge is 2.31. The number of nitrogen functional groups attached to an aromatic ring is 1. The lowest BCUT2D eigenvalue weighted by atomic mass is 9.99. The van der Waals surface area contributed by atoms with Gasteiger partial charge in [-0.25, -0.2) is 8.42 Å². The van der Waals surface area contributed by atoms with E-state index in [1.165, 1.54) is 10.4 Å². The first-order valence-electron chi connectivity index (χ1n) is 6.91. The molecule has 1 aliphatic rings. The largest absolute Gasteiger partial charge is 0.398 e. The maximum Gasteiger partial charge on any atom is 0.244 e. The SMILES string of the molecule is COCC1CCN(S(=O)(=O)c2cc(N)c(C)cc2Cl)CC1. The molecule has 1 heterocycles. The van der Waals surface area contributed by atoms with Crippen LogP contribution in [-0.4, -0.2) is 39.5 Å². The number of hydrogen-bond acceptors (Lipinski definition) is 4. The maximum absolute atomic E-state index is 12.7. The molecule has 1 aromatic carbocycles. The Morgan fingerprint density at radius 3 is 2.57 bits per heavy atom. The number of benzene rings is 1. The summed E-state index contributed by atoms with van der Waals surface area (Å²) in [7, 11) is -1.93. The van der Waals surface area contributed by atoms with E-state index in [4.69, 9.17) is 22.1 Å². The second-order valence-corrected chi connectivity index (χ2v) is 7.76. The molecule has 0 saturated carbocycles. The Kier molecular flexibility index (Phi) is 5.14. The van der Waals surface area contributed by atoms with Crippen LogP contribution in [0.25, 0.3) is 0 Å². The van der Waals surface area contributed by atoms with Crippen molar-refractivity contribution in [2.45, 2.75) is 24.7 Å². The van der Waals surface area contributed by atoms with Gasteiger partial charge in [-0.2, -0.15) is 4.31 Å². The van der Waals surface area contributed by atoms with E-state index < -0.39 is 10.0 Å². The molecule has 5 nitrogen and oxygen atoms in total. The molecule has 2 rings (SSSR count). The van der Waals surface area contributed by atoms with Gasteiger partial charge in [0.15, 0.2) is 0 Å². The Balaban J connectivity index is 2.22. The first kappa shape index (κ1) is 16.5. The molecule has 0 aliphatic carbocycles. The standard InChI is InChI=1S/C14H21ClN2O3S/c1-10-7-12(15)14(8-13(10)16)21(18,19)17-5-3-11(4-6-17)9-20-2/h7-8,11H,3-6,9,16H2,1-2H3. The highest BCUT2D eigenvalue weighted by atomic mass is 35.5. The third-order valence-corrected chi connectivity index (χ3v) is 6.28. The number of rotatable bonds is 4. The van der Waals surface area contributed by atoms with Crippen LogP contribution < -0.4 is 5.73 Å². The molecule has 0 aromatic heterocycles. The van der Waals surface area contributed by atoms with Crippen LogP contribution in [-0.2, 0) is 14.8 Å². The predicted molar refractivity (Wildman–Crippen MR) is 84.0 cm³/mol. The number of nitrogens with two attached hydrogens (primary N) is 1. The van der Waals surface area contributed by atoms with Crippen molar-refractivity contribution in [2.24, 2.45) is 5.92 Å². The van der Waals surface area contributed by atoms with Gasteiger partial charge >= 0.3 is 0 Å². The number of ether oxygens (including phenoxy) is 1. The van der Waals surface area contributed by atoms with E-state index >= 15 is 0 Å². The fourth-order valence-electron chi connectivity index (χ4n) is 2.56. The normalized spacial score (nSPS) is 18.0. The zero-order valence-corrected chi connectivity index (χ0v) is 13.9. The van der Waals surface area contributed by atoms with Crippen LogP contribution in [0.1, 0.15) is 18.4 Å². The van der Waals surface area contributed by atoms with Crippen molar-refractivity contribution in [3.8, 4) is 0 Å². The molecule has 1 fully saturated rings. The lowest BCUT2D eigenvalue weighted by Gasteiger charge is -2.31. The summed E-state index contributed by atoms with van der Waals surface area (Å²) < 4.78 is 32.0. The third-order valence-electron chi connectivity index (χ3n) is 3.91. The van der Waals surface area contributed by atoms with Crippen LogP contribution in [0.3, 0.4) is 0 Å². The van der Waals surface area contributed by atoms with Crippen molar-refractivity contribution in [3.05, 3.63) is 22.7 Å². The van der Waals surface area contributed by atoms with Gasteiger partial charge in [0.1, 0.15) is 4.90 Å². The Hall–Kier alpha value is -0.820. The van der Waals surface area contributed by atoms with Crippen molar-refractivity contribution in [2.75, 3.05) is 32.5 Å². The average Bonchev–Trinajstić information content (AvgIpc) is 2.43. The summed E-state index contributed by atoms with van der Waals surface area (Å²) >= 11 is 6.10. The fraction of sp³-hybridized carbons (Fsp3) is 0.571. The van der Waals surface area contributed by atoms with Crippen molar-refractivity contribution < 1.29 is 13.2 Å². The topological polar surface area (TPSA) is 72.6 Å². The second-order valence-electron chi connectivity index (χ2n) is 5.44. The summed E-state index contributed by atoms with van der Waals surface area (Å²) in [6.07, 6.45) is 1.60. The molecular weight excluding hydrogens is 312 g/mol. The van der Waals surface area contributed by atoms with E-state index in [1.54, 1.807) is 20.1 Å². The fourth-order valence-corrected chi connectivity index (χ4v) is 4.62. The molecule has 0 unspecified atom stereocenters. The van der Waals surface area contributed by atoms with E-state index in [-0.39, 0.29) is 9.92 Å². The van der Waals surface area contributed by atoms with Crippen LogP contribution in [0.2, 0.25) is 5.02 Å². The van der Waals surface area contributed by atoms with E-state index in [0.29, 0.717) is 31.3 Å². The number of nitrogens with zero attached hydrogens (tertiary/aromatic N) is 1. The maximum atomic E-state index is 12.7. The molecule has 21 heavy (non-hydrogen) atoms. The molecule has 1 saturated heterocycles. The third kappa shape index (κ3) is 3.51. The zero-order valence-electron chi connectivity index (χ0n) is 12.3. The van der Waals surface area contributed by atoms with E-state index in [0.717, 1.165) is 18.4 Å². The molecule has 0 spiro atoms. The van der Waals surface area contributed by atoms with Gasteiger partial charge in [-0.1, -0.05) is 11.6 Å². The van der Waals surface area contributed by atoms with E-state index in [1.807, 2.05) is 0 Å². The molecule has 0 atom stereocenters. The summed E-state index contributed by atoms with van der Waals surface area (Å²) in [5, 5.41) is 0.223. The van der Waals surface area contributed by atoms with Gasteiger partial charge in [0.25, 0.3) is 0 Å². The van der Waals surface area contributed by atoms with Gasteiger partial charge in [-0.15, -0.1) is 0 Å². The summed E-state index contributed by atoms with van der Waals surface area (Å²) in [5.41, 5.74) is 7.03. The Morgan fingerprint density at radius 2 is 2.00 bits per heavy atom. The summed E-state index contributed by atoms with van der Waals surface area (Å²) in [6, 6.07) is 3.05. The average molecular weight is 333 g/mol. The Labute approximate surface area is 131 Å². The van der Waals surface area contributed by atoms with Gasteiger partial charge < -0.3 is 10.5 Å². The minimum Gasteiger partial charge on any atom is -0.398 e.